The molecule has 0 spiro atoms. The fourth-order valence-electron chi connectivity index (χ4n) is 4.53. The van der Waals surface area contributed by atoms with Crippen LogP contribution in [0, 0.1) is 6.92 Å². The van der Waals surface area contributed by atoms with Crippen LogP contribution in [0.15, 0.2) is 102 Å². The Morgan fingerprint density at radius 3 is 2.07 bits per heavy atom. The zero-order valence-corrected chi connectivity index (χ0v) is 26.6. The van der Waals surface area contributed by atoms with Gasteiger partial charge in [0.15, 0.2) is 0 Å². The molecule has 1 N–H and O–H groups in total. The standard InChI is InChI=1S/C32H30Cl3N3O4S/c1-22-8-13-26(14-9-22)38(43(41,42)27-15-11-25(33)12-16-27)21-31(39)37(20-24-10-17-28(34)29(35)18-24)30(32(40)36-2)19-23-6-4-3-5-7-23/h3-18,30H,19-21H2,1-2H3,(H,36,40). The summed E-state index contributed by atoms with van der Waals surface area (Å²) >= 11 is 18.4. The summed E-state index contributed by atoms with van der Waals surface area (Å²) in [7, 11) is -2.73. The molecule has 4 aromatic carbocycles. The Bertz CT molecular complexity index is 1680. The molecule has 0 aliphatic heterocycles. The highest BCUT2D eigenvalue weighted by Gasteiger charge is 2.34. The van der Waals surface area contributed by atoms with E-state index in [9.17, 15) is 18.0 Å². The number of halogens is 3. The summed E-state index contributed by atoms with van der Waals surface area (Å²) in [6.07, 6.45) is 0.196. The molecule has 11 heteroatoms. The van der Waals surface area contributed by atoms with E-state index < -0.39 is 34.4 Å². The van der Waals surface area contributed by atoms with Crippen LogP contribution < -0.4 is 9.62 Å². The van der Waals surface area contributed by atoms with Gasteiger partial charge in [0.05, 0.1) is 20.6 Å². The Labute approximate surface area is 267 Å². The van der Waals surface area contributed by atoms with Crippen LogP contribution in [0.5, 0.6) is 0 Å². The zero-order chi connectivity index (χ0) is 31.1. The molecule has 4 rings (SSSR count). The third-order valence-electron chi connectivity index (χ3n) is 6.86. The molecule has 0 heterocycles. The zero-order valence-electron chi connectivity index (χ0n) is 23.5. The Hall–Kier alpha value is -3.56. The highest BCUT2D eigenvalue weighted by Crippen LogP contribution is 2.27. The minimum atomic E-state index is -4.22. The molecule has 1 unspecified atom stereocenters. The largest absolute Gasteiger partial charge is 0.357 e. The lowest BCUT2D eigenvalue weighted by Gasteiger charge is -2.33. The molecule has 0 saturated carbocycles. The van der Waals surface area contributed by atoms with E-state index in [0.717, 1.165) is 15.4 Å². The van der Waals surface area contributed by atoms with Gasteiger partial charge in [-0.3, -0.25) is 13.9 Å². The second-order valence-corrected chi connectivity index (χ2v) is 13.0. The maximum Gasteiger partial charge on any atom is 0.264 e. The number of sulfonamides is 1. The number of nitrogens with zero attached hydrogens (tertiary/aromatic N) is 2. The summed E-state index contributed by atoms with van der Waals surface area (Å²) in [5.41, 5.74) is 2.66. The van der Waals surface area contributed by atoms with Crippen molar-refractivity contribution >= 4 is 62.3 Å². The van der Waals surface area contributed by atoms with E-state index in [1.165, 1.54) is 36.2 Å². The van der Waals surface area contributed by atoms with Crippen LogP contribution >= 0.6 is 34.8 Å². The second kappa shape index (κ2) is 14.3. The molecule has 43 heavy (non-hydrogen) atoms. The van der Waals surface area contributed by atoms with Gasteiger partial charge in [-0.1, -0.05) is 88.9 Å². The number of aryl methyl sites for hydroxylation is 1. The third-order valence-corrected chi connectivity index (χ3v) is 9.64. The van der Waals surface area contributed by atoms with Gasteiger partial charge in [-0.05, 0) is 66.6 Å². The normalized spacial score (nSPS) is 11.9. The van der Waals surface area contributed by atoms with Crippen molar-refractivity contribution in [3.63, 3.8) is 0 Å². The molecule has 0 aliphatic carbocycles. The van der Waals surface area contributed by atoms with Crippen molar-refractivity contribution in [1.29, 1.82) is 0 Å². The number of rotatable bonds is 11. The third kappa shape index (κ3) is 8.09. The van der Waals surface area contributed by atoms with Crippen molar-refractivity contribution in [2.24, 2.45) is 0 Å². The summed E-state index contributed by atoms with van der Waals surface area (Å²) < 4.78 is 29.0. The average molecular weight is 659 g/mol. The summed E-state index contributed by atoms with van der Waals surface area (Å²) in [5, 5.41) is 3.66. The van der Waals surface area contributed by atoms with Crippen molar-refractivity contribution in [3.8, 4) is 0 Å². The number of hydrogen-bond donors (Lipinski definition) is 1. The lowest BCUT2D eigenvalue weighted by atomic mass is 10.0. The molecule has 7 nitrogen and oxygen atoms in total. The topological polar surface area (TPSA) is 86.8 Å². The molecule has 0 saturated heterocycles. The van der Waals surface area contributed by atoms with Crippen LogP contribution in [0.4, 0.5) is 5.69 Å². The van der Waals surface area contributed by atoms with Gasteiger partial charge in [0.1, 0.15) is 12.6 Å². The predicted molar refractivity (Wildman–Crippen MR) is 172 cm³/mol. The van der Waals surface area contributed by atoms with Crippen LogP contribution in [0.3, 0.4) is 0 Å². The lowest BCUT2D eigenvalue weighted by Crippen LogP contribution is -2.53. The molecule has 0 radical (unpaired) electrons. The first kappa shape index (κ1) is 32.4. The van der Waals surface area contributed by atoms with Gasteiger partial charge in [0.25, 0.3) is 10.0 Å². The van der Waals surface area contributed by atoms with Crippen molar-refractivity contribution in [2.45, 2.75) is 30.8 Å². The van der Waals surface area contributed by atoms with Gasteiger partial charge in [0.2, 0.25) is 11.8 Å². The van der Waals surface area contributed by atoms with Gasteiger partial charge in [-0.25, -0.2) is 8.42 Å². The maximum absolute atomic E-state index is 14.3. The van der Waals surface area contributed by atoms with E-state index in [4.69, 9.17) is 34.8 Å². The van der Waals surface area contributed by atoms with E-state index in [1.807, 2.05) is 37.3 Å². The van der Waals surface area contributed by atoms with Crippen molar-refractivity contribution in [3.05, 3.63) is 129 Å². The number of nitrogens with one attached hydrogen (secondary N) is 1. The minimum Gasteiger partial charge on any atom is -0.357 e. The summed E-state index contributed by atoms with van der Waals surface area (Å²) in [6, 6.07) is 25.8. The van der Waals surface area contributed by atoms with Gasteiger partial charge in [0, 0.05) is 25.0 Å². The maximum atomic E-state index is 14.3. The molecule has 0 fully saturated rings. The van der Waals surface area contributed by atoms with Crippen molar-refractivity contribution in [1.82, 2.24) is 10.2 Å². The number of amides is 2. The van der Waals surface area contributed by atoms with Gasteiger partial charge < -0.3 is 10.2 Å². The highest BCUT2D eigenvalue weighted by atomic mass is 35.5. The Morgan fingerprint density at radius 2 is 1.47 bits per heavy atom. The lowest BCUT2D eigenvalue weighted by molar-refractivity contribution is -0.139. The van der Waals surface area contributed by atoms with Crippen LogP contribution in [0.25, 0.3) is 0 Å². The molecule has 1 atom stereocenters. The second-order valence-electron chi connectivity index (χ2n) is 9.89. The number of carbonyl (C=O) groups excluding carboxylic acids is 2. The fraction of sp³-hybridized carbons (Fsp3) is 0.188. The van der Waals surface area contributed by atoms with Gasteiger partial charge in [-0.2, -0.15) is 0 Å². The molecule has 0 aromatic heterocycles. The van der Waals surface area contributed by atoms with E-state index in [2.05, 4.69) is 5.32 Å². The fourth-order valence-corrected chi connectivity index (χ4v) is 6.39. The van der Waals surface area contributed by atoms with Gasteiger partial charge in [-0.15, -0.1) is 0 Å². The monoisotopic (exact) mass is 657 g/mol. The number of likely N-dealkylation sites (N-methyl/N-ethyl adjacent to an activating group) is 1. The molecule has 2 amide bonds. The quantitative estimate of drug-likeness (QED) is 0.198. The molecular formula is C32H30Cl3N3O4S. The Balaban J connectivity index is 1.79. The number of hydrogen-bond acceptors (Lipinski definition) is 4. The van der Waals surface area contributed by atoms with Crippen LogP contribution in [0.2, 0.25) is 15.1 Å². The van der Waals surface area contributed by atoms with Crippen LogP contribution in [-0.4, -0.2) is 44.8 Å². The molecule has 4 aromatic rings. The molecular weight excluding hydrogens is 629 g/mol. The Kier molecular flexibility index (Phi) is 10.7. The average Bonchev–Trinajstić information content (AvgIpc) is 3.00. The highest BCUT2D eigenvalue weighted by molar-refractivity contribution is 7.92. The summed E-state index contributed by atoms with van der Waals surface area (Å²) in [4.78, 5) is 29.0. The van der Waals surface area contributed by atoms with E-state index in [-0.39, 0.29) is 22.9 Å². The van der Waals surface area contributed by atoms with E-state index in [1.54, 1.807) is 42.5 Å². The molecule has 0 aliphatic rings. The van der Waals surface area contributed by atoms with Crippen LogP contribution in [0.1, 0.15) is 16.7 Å². The molecule has 0 bridgehead atoms. The first-order valence-corrected chi connectivity index (χ1v) is 15.9. The van der Waals surface area contributed by atoms with Crippen LogP contribution in [-0.2, 0) is 32.6 Å². The number of benzene rings is 4. The first-order chi connectivity index (χ1) is 20.5. The summed E-state index contributed by atoms with van der Waals surface area (Å²) in [6.45, 7) is 1.28. The van der Waals surface area contributed by atoms with Crippen molar-refractivity contribution in [2.75, 3.05) is 17.9 Å². The summed E-state index contributed by atoms with van der Waals surface area (Å²) in [5.74, 6) is -0.992. The van der Waals surface area contributed by atoms with E-state index in [0.29, 0.717) is 21.3 Å². The predicted octanol–water partition coefficient (Wildman–Crippen LogP) is 6.54. The minimum absolute atomic E-state index is 0.0244. The Morgan fingerprint density at radius 1 is 0.814 bits per heavy atom. The first-order valence-electron chi connectivity index (χ1n) is 13.3. The van der Waals surface area contributed by atoms with Gasteiger partial charge >= 0.3 is 0 Å². The SMILES string of the molecule is CNC(=O)C(Cc1ccccc1)N(Cc1ccc(Cl)c(Cl)c1)C(=O)CN(c1ccc(C)cc1)S(=O)(=O)c1ccc(Cl)cc1. The number of carbonyl (C=O) groups is 2. The van der Waals surface area contributed by atoms with Crippen molar-refractivity contribution < 1.29 is 18.0 Å². The molecule has 224 valence electrons. The smallest absolute Gasteiger partial charge is 0.264 e. The number of anilines is 1. The van der Waals surface area contributed by atoms with E-state index >= 15 is 0 Å².